The second-order valence-corrected chi connectivity index (χ2v) is 3.05. The Kier molecular flexibility index (Phi) is 2.91. The lowest BCUT2D eigenvalue weighted by molar-refractivity contribution is -0.152. The molecule has 4 nitrogen and oxygen atoms in total. The lowest BCUT2D eigenvalue weighted by Gasteiger charge is -2.31. The SMILES string of the molecule is C#CCNC(=O)C1CCC1C(=O)O. The van der Waals surface area contributed by atoms with Gasteiger partial charge in [-0.2, -0.15) is 0 Å². The molecule has 2 unspecified atom stereocenters. The third-order valence-corrected chi connectivity index (χ3v) is 2.29. The molecule has 1 fully saturated rings. The maximum Gasteiger partial charge on any atom is 0.307 e. The number of hydrogen-bond acceptors (Lipinski definition) is 2. The van der Waals surface area contributed by atoms with Crippen molar-refractivity contribution < 1.29 is 14.7 Å². The number of carboxylic acid groups (broad SMARTS) is 1. The number of hydrogen-bond donors (Lipinski definition) is 2. The summed E-state index contributed by atoms with van der Waals surface area (Å²) in [6, 6.07) is 0. The molecule has 1 rings (SSSR count). The van der Waals surface area contributed by atoms with Gasteiger partial charge in [-0.15, -0.1) is 6.42 Å². The molecule has 1 amide bonds. The molecule has 0 bridgehead atoms. The summed E-state index contributed by atoms with van der Waals surface area (Å²) in [6.07, 6.45) is 6.18. The van der Waals surface area contributed by atoms with Crippen LogP contribution in [0.5, 0.6) is 0 Å². The number of carbonyl (C=O) groups excluding carboxylic acids is 1. The van der Waals surface area contributed by atoms with E-state index in [0.717, 1.165) is 0 Å². The number of carbonyl (C=O) groups is 2. The van der Waals surface area contributed by atoms with Crippen LogP contribution in [0, 0.1) is 24.2 Å². The number of rotatable bonds is 3. The third-order valence-electron chi connectivity index (χ3n) is 2.29. The molecule has 0 aliphatic heterocycles. The van der Waals surface area contributed by atoms with E-state index in [4.69, 9.17) is 11.5 Å². The van der Waals surface area contributed by atoms with Crippen molar-refractivity contribution in [3.63, 3.8) is 0 Å². The van der Waals surface area contributed by atoms with Crippen molar-refractivity contribution in [2.24, 2.45) is 11.8 Å². The minimum absolute atomic E-state index is 0.168. The van der Waals surface area contributed by atoms with Gasteiger partial charge in [-0.3, -0.25) is 9.59 Å². The van der Waals surface area contributed by atoms with Crippen LogP contribution in [0.4, 0.5) is 0 Å². The highest BCUT2D eigenvalue weighted by Crippen LogP contribution is 2.34. The van der Waals surface area contributed by atoms with E-state index in [0.29, 0.717) is 12.8 Å². The summed E-state index contributed by atoms with van der Waals surface area (Å²) >= 11 is 0. The van der Waals surface area contributed by atoms with Gasteiger partial charge in [0, 0.05) is 0 Å². The summed E-state index contributed by atoms with van der Waals surface area (Å²) in [6.45, 7) is 0.168. The van der Waals surface area contributed by atoms with Crippen LogP contribution in [0.2, 0.25) is 0 Å². The Hall–Kier alpha value is -1.50. The number of nitrogens with one attached hydrogen (secondary N) is 1. The van der Waals surface area contributed by atoms with Gasteiger partial charge in [-0.05, 0) is 12.8 Å². The Morgan fingerprint density at radius 2 is 2.08 bits per heavy atom. The first kappa shape index (κ1) is 9.59. The average Bonchev–Trinajstić information content (AvgIpc) is 1.97. The van der Waals surface area contributed by atoms with Gasteiger partial charge in [-0.1, -0.05) is 5.92 Å². The van der Waals surface area contributed by atoms with Crippen molar-refractivity contribution in [2.45, 2.75) is 12.8 Å². The summed E-state index contributed by atoms with van der Waals surface area (Å²) < 4.78 is 0. The monoisotopic (exact) mass is 181 g/mol. The van der Waals surface area contributed by atoms with Gasteiger partial charge in [0.15, 0.2) is 0 Å². The van der Waals surface area contributed by atoms with E-state index < -0.39 is 11.9 Å². The van der Waals surface area contributed by atoms with E-state index in [1.165, 1.54) is 0 Å². The molecule has 4 heteroatoms. The molecule has 2 N–H and O–H groups in total. The summed E-state index contributed by atoms with van der Waals surface area (Å²) in [5.41, 5.74) is 0. The summed E-state index contributed by atoms with van der Waals surface area (Å²) in [5.74, 6) is 0.231. The summed E-state index contributed by atoms with van der Waals surface area (Å²) in [7, 11) is 0. The maximum atomic E-state index is 11.2. The molecule has 1 aliphatic rings. The number of amides is 1. The molecule has 1 saturated carbocycles. The molecule has 0 aromatic rings. The Bertz CT molecular complexity index is 267. The van der Waals surface area contributed by atoms with Gasteiger partial charge in [0.2, 0.25) is 5.91 Å². The molecule has 0 aromatic carbocycles. The third kappa shape index (κ3) is 2.00. The first-order valence-corrected chi connectivity index (χ1v) is 4.10. The number of aliphatic carboxylic acids is 1. The smallest absolute Gasteiger partial charge is 0.307 e. The molecule has 1 aliphatic carbocycles. The normalized spacial score (nSPS) is 25.5. The van der Waals surface area contributed by atoms with Crippen molar-refractivity contribution >= 4 is 11.9 Å². The molecule has 0 spiro atoms. The molecule has 2 atom stereocenters. The Labute approximate surface area is 76.3 Å². The maximum absolute atomic E-state index is 11.2. The quantitative estimate of drug-likeness (QED) is 0.595. The lowest BCUT2D eigenvalue weighted by Crippen LogP contribution is -2.44. The largest absolute Gasteiger partial charge is 0.481 e. The van der Waals surface area contributed by atoms with Crippen molar-refractivity contribution in [2.75, 3.05) is 6.54 Å². The van der Waals surface area contributed by atoms with Gasteiger partial charge in [0.1, 0.15) is 0 Å². The molecular weight excluding hydrogens is 170 g/mol. The molecule has 0 aromatic heterocycles. The van der Waals surface area contributed by atoms with Crippen molar-refractivity contribution in [3.8, 4) is 12.3 Å². The van der Waals surface area contributed by atoms with E-state index in [1.54, 1.807) is 0 Å². The van der Waals surface area contributed by atoms with E-state index >= 15 is 0 Å². The summed E-state index contributed by atoms with van der Waals surface area (Å²) in [4.78, 5) is 21.8. The zero-order chi connectivity index (χ0) is 9.84. The fourth-order valence-electron chi connectivity index (χ4n) is 1.38. The fourth-order valence-corrected chi connectivity index (χ4v) is 1.38. The Morgan fingerprint density at radius 3 is 2.46 bits per heavy atom. The topological polar surface area (TPSA) is 66.4 Å². The van der Waals surface area contributed by atoms with Crippen molar-refractivity contribution in [1.29, 1.82) is 0 Å². The van der Waals surface area contributed by atoms with Crippen LogP contribution in [-0.4, -0.2) is 23.5 Å². The van der Waals surface area contributed by atoms with Crippen LogP contribution < -0.4 is 5.32 Å². The highest BCUT2D eigenvalue weighted by atomic mass is 16.4. The van der Waals surface area contributed by atoms with E-state index in [9.17, 15) is 9.59 Å². The first-order chi connectivity index (χ1) is 6.16. The van der Waals surface area contributed by atoms with Gasteiger partial charge in [0.25, 0.3) is 0 Å². The van der Waals surface area contributed by atoms with Crippen LogP contribution >= 0.6 is 0 Å². The highest BCUT2D eigenvalue weighted by molar-refractivity contribution is 5.86. The standard InChI is InChI=1S/C9H11NO3/c1-2-5-10-8(11)6-3-4-7(6)9(12)13/h1,6-7H,3-5H2,(H,10,11)(H,12,13). The fraction of sp³-hybridized carbons (Fsp3) is 0.556. The molecule has 0 heterocycles. The van der Waals surface area contributed by atoms with Gasteiger partial charge >= 0.3 is 5.97 Å². The molecule has 70 valence electrons. The zero-order valence-corrected chi connectivity index (χ0v) is 7.12. The zero-order valence-electron chi connectivity index (χ0n) is 7.12. The van der Waals surface area contributed by atoms with Crippen LogP contribution in [-0.2, 0) is 9.59 Å². The molecular formula is C9H11NO3. The lowest BCUT2D eigenvalue weighted by atomic mass is 9.73. The number of carboxylic acids is 1. The molecule has 13 heavy (non-hydrogen) atoms. The van der Waals surface area contributed by atoms with Crippen molar-refractivity contribution in [3.05, 3.63) is 0 Å². The number of terminal acetylenes is 1. The van der Waals surface area contributed by atoms with Crippen molar-refractivity contribution in [1.82, 2.24) is 5.32 Å². The van der Waals surface area contributed by atoms with Crippen LogP contribution in [0.3, 0.4) is 0 Å². The predicted octanol–water partition coefficient (Wildman–Crippen LogP) is -0.153. The summed E-state index contributed by atoms with van der Waals surface area (Å²) in [5, 5.41) is 11.1. The van der Waals surface area contributed by atoms with E-state index in [1.807, 2.05) is 0 Å². The van der Waals surface area contributed by atoms with E-state index in [-0.39, 0.29) is 18.4 Å². The van der Waals surface area contributed by atoms with Crippen LogP contribution in [0.25, 0.3) is 0 Å². The minimum Gasteiger partial charge on any atom is -0.481 e. The Balaban J connectivity index is 2.41. The van der Waals surface area contributed by atoms with Gasteiger partial charge in [-0.25, -0.2) is 0 Å². The van der Waals surface area contributed by atoms with Crippen LogP contribution in [0.15, 0.2) is 0 Å². The highest BCUT2D eigenvalue weighted by Gasteiger charge is 2.41. The molecule has 0 saturated heterocycles. The van der Waals surface area contributed by atoms with Gasteiger partial charge in [0.05, 0.1) is 18.4 Å². The Morgan fingerprint density at radius 1 is 1.46 bits per heavy atom. The second-order valence-electron chi connectivity index (χ2n) is 3.05. The van der Waals surface area contributed by atoms with E-state index in [2.05, 4.69) is 11.2 Å². The van der Waals surface area contributed by atoms with Gasteiger partial charge < -0.3 is 10.4 Å². The van der Waals surface area contributed by atoms with Crippen LogP contribution in [0.1, 0.15) is 12.8 Å². The second kappa shape index (κ2) is 3.94. The first-order valence-electron chi connectivity index (χ1n) is 4.10. The molecule has 0 radical (unpaired) electrons. The predicted molar refractivity (Wildman–Crippen MR) is 45.7 cm³/mol. The minimum atomic E-state index is -0.896. The average molecular weight is 181 g/mol.